The van der Waals surface area contributed by atoms with Crippen molar-refractivity contribution in [1.29, 1.82) is 0 Å². The van der Waals surface area contributed by atoms with Gasteiger partial charge in [-0.15, -0.1) is 0 Å². The van der Waals surface area contributed by atoms with Gasteiger partial charge in [0, 0.05) is 0 Å². The van der Waals surface area contributed by atoms with Crippen LogP contribution in [0.2, 0.25) is 0 Å². The summed E-state index contributed by atoms with van der Waals surface area (Å²) in [4.78, 5) is 11.8. The summed E-state index contributed by atoms with van der Waals surface area (Å²) in [7, 11) is 0. The zero-order valence-electron chi connectivity index (χ0n) is 25.0. The molecule has 0 unspecified atom stereocenters. The van der Waals surface area contributed by atoms with Crippen molar-refractivity contribution in [3.63, 3.8) is 0 Å². The number of benzene rings is 2. The fraction of sp³-hybridized carbons (Fsp3) is 0.581. The highest BCUT2D eigenvalue weighted by molar-refractivity contribution is 5.89. The number of hydrogen-bond acceptors (Lipinski definition) is 12. The lowest BCUT2D eigenvalue weighted by molar-refractivity contribution is -0.0247. The van der Waals surface area contributed by atoms with Crippen molar-refractivity contribution in [2.45, 2.75) is 0 Å². The molecule has 0 aliphatic rings. The Balaban J connectivity index is 1.18. The van der Waals surface area contributed by atoms with Gasteiger partial charge in [0.15, 0.2) is 0 Å². The monoisotopic (exact) mass is 609 g/mol. The van der Waals surface area contributed by atoms with Gasteiger partial charge < -0.3 is 53.1 Å². The van der Waals surface area contributed by atoms with Crippen LogP contribution < -0.4 is 10.5 Å². The standard InChI is InChI=1S/C31H47NO11/c32-29-8-4-5-9-30(29)42-26-24-40-22-20-38-18-16-36-14-12-34-10-11-35-13-15-37-17-19-39-21-23-41-25-27-43-31(33)28-6-2-1-3-7-28/h1-9H,10-27,32H2. The summed E-state index contributed by atoms with van der Waals surface area (Å²) < 4.78 is 54.3. The fourth-order valence-electron chi connectivity index (χ4n) is 3.31. The Kier molecular flexibility index (Phi) is 22.7. The van der Waals surface area contributed by atoms with Crippen LogP contribution in [0, 0.1) is 0 Å². The van der Waals surface area contributed by atoms with Crippen molar-refractivity contribution in [3.05, 3.63) is 60.2 Å². The molecule has 0 saturated carbocycles. The van der Waals surface area contributed by atoms with Crippen LogP contribution >= 0.6 is 0 Å². The molecule has 0 fully saturated rings. The average Bonchev–Trinajstić information content (AvgIpc) is 3.03. The zero-order chi connectivity index (χ0) is 30.5. The number of para-hydroxylation sites is 2. The van der Waals surface area contributed by atoms with E-state index < -0.39 is 0 Å². The second kappa shape index (κ2) is 26.8. The van der Waals surface area contributed by atoms with Crippen LogP contribution in [0.5, 0.6) is 5.75 Å². The third-order valence-electron chi connectivity index (χ3n) is 5.48. The van der Waals surface area contributed by atoms with Crippen LogP contribution in [0.15, 0.2) is 54.6 Å². The Bertz CT molecular complexity index is 920. The highest BCUT2D eigenvalue weighted by Crippen LogP contribution is 2.19. The molecule has 0 aliphatic carbocycles. The van der Waals surface area contributed by atoms with Gasteiger partial charge in [-0.25, -0.2) is 4.79 Å². The van der Waals surface area contributed by atoms with Crippen molar-refractivity contribution >= 4 is 11.7 Å². The van der Waals surface area contributed by atoms with Crippen LogP contribution in [0.3, 0.4) is 0 Å². The average molecular weight is 610 g/mol. The maximum absolute atomic E-state index is 11.8. The number of carbonyl (C=O) groups excluding carboxylic acids is 1. The van der Waals surface area contributed by atoms with Crippen LogP contribution in [-0.4, -0.2) is 125 Å². The molecule has 2 N–H and O–H groups in total. The number of ether oxygens (including phenoxy) is 10. The molecule has 2 aromatic rings. The number of nitrogens with two attached hydrogens (primary N) is 1. The lowest BCUT2D eigenvalue weighted by Gasteiger charge is -2.09. The van der Waals surface area contributed by atoms with E-state index >= 15 is 0 Å². The normalized spacial score (nSPS) is 11.1. The zero-order valence-corrected chi connectivity index (χ0v) is 25.0. The van der Waals surface area contributed by atoms with E-state index in [0.29, 0.717) is 129 Å². The number of rotatable bonds is 29. The Morgan fingerprint density at radius 3 is 1.21 bits per heavy atom. The van der Waals surface area contributed by atoms with E-state index in [-0.39, 0.29) is 12.6 Å². The van der Waals surface area contributed by atoms with Gasteiger partial charge in [0.2, 0.25) is 0 Å². The highest BCUT2D eigenvalue weighted by atomic mass is 16.6. The SMILES string of the molecule is Nc1ccccc1OCCOCCOCCOCCOCCOCCOCCOCCOCCOC(=O)c1ccccc1. The van der Waals surface area contributed by atoms with Crippen molar-refractivity contribution in [2.75, 3.05) is 125 Å². The highest BCUT2D eigenvalue weighted by Gasteiger charge is 2.05. The third-order valence-corrected chi connectivity index (χ3v) is 5.48. The summed E-state index contributed by atoms with van der Waals surface area (Å²) in [6, 6.07) is 16.2. The number of hydrogen-bond donors (Lipinski definition) is 1. The molecule has 12 nitrogen and oxygen atoms in total. The van der Waals surface area contributed by atoms with Crippen molar-refractivity contribution in [3.8, 4) is 5.75 Å². The number of anilines is 1. The molecular formula is C31H47NO11. The first kappa shape index (κ1) is 36.4. The second-order valence-corrected chi connectivity index (χ2v) is 8.79. The summed E-state index contributed by atoms with van der Waals surface area (Å²) in [5.74, 6) is 0.308. The number of nitrogen functional groups attached to an aromatic ring is 1. The number of esters is 1. The molecule has 0 spiro atoms. The van der Waals surface area contributed by atoms with Gasteiger partial charge in [0.05, 0.1) is 117 Å². The molecule has 0 amide bonds. The minimum absolute atomic E-state index is 0.202. The molecule has 2 aromatic carbocycles. The molecule has 0 atom stereocenters. The van der Waals surface area contributed by atoms with E-state index in [9.17, 15) is 4.79 Å². The predicted octanol–water partition coefficient (Wildman–Crippen LogP) is 2.64. The Hall–Kier alpha value is -2.81. The first-order valence-electron chi connectivity index (χ1n) is 14.6. The first-order chi connectivity index (χ1) is 21.3. The second-order valence-electron chi connectivity index (χ2n) is 8.79. The summed E-state index contributed by atoms with van der Waals surface area (Å²) in [5, 5.41) is 0. The summed E-state index contributed by atoms with van der Waals surface area (Å²) >= 11 is 0. The van der Waals surface area contributed by atoms with Gasteiger partial charge in [0.1, 0.15) is 19.0 Å². The third kappa shape index (κ3) is 20.7. The van der Waals surface area contributed by atoms with Gasteiger partial charge in [-0.3, -0.25) is 0 Å². The van der Waals surface area contributed by atoms with Crippen LogP contribution in [0.4, 0.5) is 5.69 Å². The van der Waals surface area contributed by atoms with Gasteiger partial charge in [0.25, 0.3) is 0 Å². The summed E-state index contributed by atoms with van der Waals surface area (Å²) in [6.45, 7) is 8.15. The van der Waals surface area contributed by atoms with E-state index in [4.69, 9.17) is 53.1 Å². The lowest BCUT2D eigenvalue weighted by Crippen LogP contribution is -2.15. The molecule has 43 heavy (non-hydrogen) atoms. The predicted molar refractivity (Wildman–Crippen MR) is 160 cm³/mol. The largest absolute Gasteiger partial charge is 0.489 e. The molecule has 0 heterocycles. The fourth-order valence-corrected chi connectivity index (χ4v) is 3.31. The van der Waals surface area contributed by atoms with E-state index in [1.165, 1.54) is 0 Å². The topological polar surface area (TPSA) is 135 Å². The Morgan fingerprint density at radius 1 is 0.442 bits per heavy atom. The van der Waals surface area contributed by atoms with Gasteiger partial charge in [-0.1, -0.05) is 30.3 Å². The van der Waals surface area contributed by atoms with E-state index in [2.05, 4.69) is 0 Å². The van der Waals surface area contributed by atoms with Crippen LogP contribution in [0.1, 0.15) is 10.4 Å². The van der Waals surface area contributed by atoms with Gasteiger partial charge in [-0.05, 0) is 24.3 Å². The van der Waals surface area contributed by atoms with Crippen LogP contribution in [-0.2, 0) is 42.6 Å². The van der Waals surface area contributed by atoms with Crippen molar-refractivity contribution in [2.24, 2.45) is 0 Å². The summed E-state index contributed by atoms with van der Waals surface area (Å²) in [5.41, 5.74) is 6.95. The minimum atomic E-state index is -0.357. The molecule has 0 aromatic heterocycles. The number of carbonyl (C=O) groups is 1. The van der Waals surface area contributed by atoms with E-state index in [1.807, 2.05) is 24.3 Å². The van der Waals surface area contributed by atoms with E-state index in [0.717, 1.165) is 0 Å². The lowest BCUT2D eigenvalue weighted by atomic mass is 10.2. The van der Waals surface area contributed by atoms with Crippen LogP contribution in [0.25, 0.3) is 0 Å². The Morgan fingerprint density at radius 2 is 0.791 bits per heavy atom. The molecule has 242 valence electrons. The summed E-state index contributed by atoms with van der Waals surface area (Å²) in [6.07, 6.45) is 0. The van der Waals surface area contributed by atoms with E-state index in [1.54, 1.807) is 30.3 Å². The van der Waals surface area contributed by atoms with Gasteiger partial charge >= 0.3 is 5.97 Å². The molecule has 0 saturated heterocycles. The molecule has 0 radical (unpaired) electrons. The molecular weight excluding hydrogens is 562 g/mol. The smallest absolute Gasteiger partial charge is 0.338 e. The molecule has 0 aliphatic heterocycles. The minimum Gasteiger partial charge on any atom is -0.489 e. The van der Waals surface area contributed by atoms with Crippen molar-refractivity contribution in [1.82, 2.24) is 0 Å². The molecule has 0 bridgehead atoms. The maximum atomic E-state index is 11.8. The van der Waals surface area contributed by atoms with Crippen molar-refractivity contribution < 1.29 is 52.2 Å². The Labute approximate surface area is 254 Å². The van der Waals surface area contributed by atoms with Gasteiger partial charge in [-0.2, -0.15) is 0 Å². The quantitative estimate of drug-likeness (QED) is 0.0825. The first-order valence-corrected chi connectivity index (χ1v) is 14.6. The molecule has 12 heteroatoms. The molecule has 2 rings (SSSR count). The maximum Gasteiger partial charge on any atom is 0.338 e.